The van der Waals surface area contributed by atoms with E-state index >= 15 is 0 Å². The van der Waals surface area contributed by atoms with E-state index in [0.717, 1.165) is 4.47 Å². The molecule has 0 saturated carbocycles. The molecular formula is C16H15BrO4. The molecule has 0 atom stereocenters. The average molecular weight is 351 g/mol. The van der Waals surface area contributed by atoms with Crippen LogP contribution in [0.5, 0.6) is 23.0 Å². The van der Waals surface area contributed by atoms with Gasteiger partial charge >= 0.3 is 0 Å². The number of carbonyl (C=O) groups excluding carboxylic acids is 1. The van der Waals surface area contributed by atoms with E-state index < -0.39 is 0 Å². The minimum absolute atomic E-state index is 0.0774. The highest BCUT2D eigenvalue weighted by Gasteiger charge is 2.16. The molecular weight excluding hydrogens is 336 g/mol. The van der Waals surface area contributed by atoms with Crippen LogP contribution in [0.2, 0.25) is 0 Å². The zero-order chi connectivity index (χ0) is 15.4. The van der Waals surface area contributed by atoms with Crippen LogP contribution < -0.4 is 14.2 Å². The van der Waals surface area contributed by atoms with Crippen molar-refractivity contribution < 1.29 is 19.0 Å². The van der Waals surface area contributed by atoms with Crippen molar-refractivity contribution in [2.45, 2.75) is 6.92 Å². The van der Waals surface area contributed by atoms with Gasteiger partial charge in [0.2, 0.25) is 5.75 Å². The minimum Gasteiger partial charge on any atom is -0.493 e. The molecule has 2 aromatic carbocycles. The first kappa shape index (κ1) is 15.4. The monoisotopic (exact) mass is 350 g/mol. The molecule has 2 aromatic rings. The van der Waals surface area contributed by atoms with Gasteiger partial charge in [-0.3, -0.25) is 4.79 Å². The Bertz CT molecular complexity index is 645. The van der Waals surface area contributed by atoms with Gasteiger partial charge in [-0.05, 0) is 37.3 Å². The Labute approximate surface area is 131 Å². The largest absolute Gasteiger partial charge is 0.493 e. The Hall–Kier alpha value is -2.01. The second kappa shape index (κ2) is 6.63. The van der Waals surface area contributed by atoms with Crippen LogP contribution in [0.15, 0.2) is 40.9 Å². The summed E-state index contributed by atoms with van der Waals surface area (Å²) in [5, 5.41) is 0. The van der Waals surface area contributed by atoms with Crippen LogP contribution >= 0.6 is 15.9 Å². The first-order valence-corrected chi connectivity index (χ1v) is 7.05. The molecule has 2 rings (SSSR count). The highest BCUT2D eigenvalue weighted by Crippen LogP contribution is 2.41. The molecule has 0 heterocycles. The van der Waals surface area contributed by atoms with Gasteiger partial charge in [-0.2, -0.15) is 0 Å². The lowest BCUT2D eigenvalue weighted by Gasteiger charge is -2.15. The van der Waals surface area contributed by atoms with Crippen LogP contribution in [0.4, 0.5) is 0 Å². The summed E-state index contributed by atoms with van der Waals surface area (Å²) in [6, 6.07) is 10.6. The fourth-order valence-corrected chi connectivity index (χ4v) is 2.24. The Morgan fingerprint density at radius 3 is 2.14 bits per heavy atom. The topological polar surface area (TPSA) is 44.8 Å². The van der Waals surface area contributed by atoms with E-state index in [1.54, 1.807) is 50.6 Å². The van der Waals surface area contributed by atoms with Gasteiger partial charge in [-0.25, -0.2) is 0 Å². The van der Waals surface area contributed by atoms with Crippen LogP contribution in [0.3, 0.4) is 0 Å². The number of para-hydroxylation sites is 1. The maximum absolute atomic E-state index is 11.7. The molecule has 5 heteroatoms. The Balaban J connectivity index is 2.52. The molecule has 0 unspecified atom stereocenters. The maximum Gasteiger partial charge on any atom is 0.211 e. The van der Waals surface area contributed by atoms with Crippen LogP contribution in [0.25, 0.3) is 0 Å². The van der Waals surface area contributed by atoms with Gasteiger partial charge < -0.3 is 14.2 Å². The van der Waals surface area contributed by atoms with Crippen LogP contribution in [-0.2, 0) is 0 Å². The number of Topliss-reactive ketones (excluding diaryl/α,β-unsaturated/α-hetero) is 1. The highest BCUT2D eigenvalue weighted by atomic mass is 79.9. The van der Waals surface area contributed by atoms with E-state index in [1.807, 2.05) is 0 Å². The van der Waals surface area contributed by atoms with Gasteiger partial charge in [-0.1, -0.05) is 22.0 Å². The summed E-state index contributed by atoms with van der Waals surface area (Å²) in [5.74, 6) is 1.86. The zero-order valence-corrected chi connectivity index (χ0v) is 13.6. The highest BCUT2D eigenvalue weighted by molar-refractivity contribution is 9.10. The molecule has 0 saturated heterocycles. The van der Waals surface area contributed by atoms with Crippen molar-refractivity contribution in [1.82, 2.24) is 0 Å². The van der Waals surface area contributed by atoms with E-state index in [1.165, 1.54) is 6.92 Å². The molecule has 0 fully saturated rings. The molecule has 0 aliphatic rings. The van der Waals surface area contributed by atoms with Gasteiger partial charge in [0.15, 0.2) is 17.3 Å². The van der Waals surface area contributed by atoms with Gasteiger partial charge in [0.05, 0.1) is 19.8 Å². The van der Waals surface area contributed by atoms with Gasteiger partial charge in [-0.15, -0.1) is 0 Å². The van der Waals surface area contributed by atoms with Crippen molar-refractivity contribution in [3.63, 3.8) is 0 Å². The molecule has 0 amide bonds. The van der Waals surface area contributed by atoms with E-state index in [-0.39, 0.29) is 5.78 Å². The van der Waals surface area contributed by atoms with Gasteiger partial charge in [0.1, 0.15) is 5.75 Å². The first-order chi connectivity index (χ1) is 10.1. The molecule has 0 bridgehead atoms. The number of methoxy groups -OCH3 is 2. The SMILES string of the molecule is COc1cccc(OC)c1Oc1cc(Br)ccc1C(C)=O. The standard InChI is InChI=1S/C16H15BrO4/c1-10(18)12-8-7-11(17)9-15(12)21-16-13(19-2)5-4-6-14(16)20-3/h4-9H,1-3H3. The van der Waals surface area contributed by atoms with Crippen molar-refractivity contribution in [2.75, 3.05) is 14.2 Å². The molecule has 21 heavy (non-hydrogen) atoms. The Morgan fingerprint density at radius 1 is 1.00 bits per heavy atom. The molecule has 0 spiro atoms. The third-order valence-electron chi connectivity index (χ3n) is 2.92. The lowest BCUT2D eigenvalue weighted by molar-refractivity contribution is 0.101. The first-order valence-electron chi connectivity index (χ1n) is 6.26. The lowest BCUT2D eigenvalue weighted by atomic mass is 10.1. The molecule has 0 N–H and O–H groups in total. The summed E-state index contributed by atoms with van der Waals surface area (Å²) in [7, 11) is 3.10. The van der Waals surface area contributed by atoms with Crippen molar-refractivity contribution in [1.29, 1.82) is 0 Å². The normalized spacial score (nSPS) is 10.1. The van der Waals surface area contributed by atoms with Crippen molar-refractivity contribution >= 4 is 21.7 Å². The van der Waals surface area contributed by atoms with Crippen LogP contribution in [-0.4, -0.2) is 20.0 Å². The van der Waals surface area contributed by atoms with Crippen molar-refractivity contribution in [2.24, 2.45) is 0 Å². The average Bonchev–Trinajstić information content (AvgIpc) is 2.47. The summed E-state index contributed by atoms with van der Waals surface area (Å²) in [4.78, 5) is 11.7. The molecule has 4 nitrogen and oxygen atoms in total. The Morgan fingerprint density at radius 2 is 1.62 bits per heavy atom. The quantitative estimate of drug-likeness (QED) is 0.746. The van der Waals surface area contributed by atoms with Crippen molar-refractivity contribution in [3.8, 4) is 23.0 Å². The summed E-state index contributed by atoms with van der Waals surface area (Å²) in [6.45, 7) is 1.50. The number of halogens is 1. The summed E-state index contributed by atoms with van der Waals surface area (Å²) >= 11 is 3.38. The molecule has 0 radical (unpaired) electrons. The Kier molecular flexibility index (Phi) is 4.85. The number of benzene rings is 2. The van der Waals surface area contributed by atoms with Gasteiger partial charge in [0.25, 0.3) is 0 Å². The summed E-state index contributed by atoms with van der Waals surface area (Å²) in [6.07, 6.45) is 0. The fourth-order valence-electron chi connectivity index (χ4n) is 1.90. The summed E-state index contributed by atoms with van der Waals surface area (Å²) < 4.78 is 17.3. The second-order valence-electron chi connectivity index (χ2n) is 4.29. The number of rotatable bonds is 5. The molecule has 0 aliphatic carbocycles. The van der Waals surface area contributed by atoms with Gasteiger partial charge in [0, 0.05) is 4.47 Å². The summed E-state index contributed by atoms with van der Waals surface area (Å²) in [5.41, 5.74) is 0.492. The number of ketones is 1. The predicted molar refractivity (Wildman–Crippen MR) is 83.8 cm³/mol. The third kappa shape index (κ3) is 3.36. The molecule has 0 aromatic heterocycles. The van der Waals surface area contributed by atoms with Crippen LogP contribution in [0.1, 0.15) is 17.3 Å². The number of hydrogen-bond acceptors (Lipinski definition) is 4. The fraction of sp³-hybridized carbons (Fsp3) is 0.188. The van der Waals surface area contributed by atoms with E-state index in [9.17, 15) is 4.79 Å². The second-order valence-corrected chi connectivity index (χ2v) is 5.21. The van der Waals surface area contributed by atoms with E-state index in [2.05, 4.69) is 15.9 Å². The number of carbonyl (C=O) groups is 1. The van der Waals surface area contributed by atoms with Crippen molar-refractivity contribution in [3.05, 3.63) is 46.4 Å². The lowest BCUT2D eigenvalue weighted by Crippen LogP contribution is -1.99. The van der Waals surface area contributed by atoms with E-state index in [0.29, 0.717) is 28.6 Å². The smallest absolute Gasteiger partial charge is 0.211 e. The number of ether oxygens (including phenoxy) is 3. The molecule has 110 valence electrons. The van der Waals surface area contributed by atoms with Crippen LogP contribution in [0, 0.1) is 0 Å². The molecule has 0 aliphatic heterocycles. The third-order valence-corrected chi connectivity index (χ3v) is 3.41. The number of hydrogen-bond donors (Lipinski definition) is 0. The van der Waals surface area contributed by atoms with E-state index in [4.69, 9.17) is 14.2 Å². The maximum atomic E-state index is 11.7. The predicted octanol–water partition coefficient (Wildman–Crippen LogP) is 4.46. The zero-order valence-electron chi connectivity index (χ0n) is 12.0. The minimum atomic E-state index is -0.0774.